The molecule has 2 rings (SSSR count). The maximum atomic E-state index is 10.8. The summed E-state index contributed by atoms with van der Waals surface area (Å²) in [5.74, 6) is 0. The summed E-state index contributed by atoms with van der Waals surface area (Å²) < 4.78 is 2.00. The smallest absolute Gasteiger partial charge is 0.278 e. The van der Waals surface area contributed by atoms with Gasteiger partial charge in [0.1, 0.15) is 0 Å². The number of nitrogens with zero attached hydrogens (tertiary/aromatic N) is 2. The molecule has 0 aliphatic rings. The summed E-state index contributed by atoms with van der Waals surface area (Å²) in [5, 5.41) is 11.5. The lowest BCUT2D eigenvalue weighted by Crippen LogP contribution is -1.93. The van der Waals surface area contributed by atoms with Crippen LogP contribution in [0.25, 0.3) is 10.9 Å². The first-order valence-electron chi connectivity index (χ1n) is 4.87. The van der Waals surface area contributed by atoms with E-state index < -0.39 is 0 Å². The van der Waals surface area contributed by atoms with Gasteiger partial charge >= 0.3 is 0 Å². The maximum Gasteiger partial charge on any atom is 0.278 e. The fraction of sp³-hybridized carbons (Fsp3) is 0.273. The summed E-state index contributed by atoms with van der Waals surface area (Å²) in [7, 11) is 1.94. The Balaban J connectivity index is 2.81. The third-order valence-corrected chi connectivity index (χ3v) is 2.72. The third kappa shape index (κ3) is 1.38. The van der Waals surface area contributed by atoms with Crippen molar-refractivity contribution in [3.8, 4) is 0 Å². The lowest BCUT2D eigenvalue weighted by molar-refractivity contribution is -0.383. The number of non-ortho nitro benzene ring substituents is 1. The SMILES string of the molecule is CCc1cc2c([N+](=O)[O-])cccc2n1C. The van der Waals surface area contributed by atoms with Crippen molar-refractivity contribution in [2.45, 2.75) is 13.3 Å². The average Bonchev–Trinajstić information content (AvgIpc) is 2.55. The van der Waals surface area contributed by atoms with E-state index in [1.807, 2.05) is 30.7 Å². The molecule has 0 saturated carbocycles. The number of nitro benzene ring substituents is 1. The molecule has 0 saturated heterocycles. The van der Waals surface area contributed by atoms with Crippen molar-refractivity contribution >= 4 is 16.6 Å². The van der Waals surface area contributed by atoms with Crippen LogP contribution in [0, 0.1) is 10.1 Å². The molecule has 1 heterocycles. The highest BCUT2D eigenvalue weighted by Gasteiger charge is 2.14. The van der Waals surface area contributed by atoms with Crippen LogP contribution in [-0.4, -0.2) is 9.49 Å². The molecular formula is C11H12N2O2. The number of rotatable bonds is 2. The number of fused-ring (bicyclic) bond motifs is 1. The quantitative estimate of drug-likeness (QED) is 0.557. The van der Waals surface area contributed by atoms with Gasteiger partial charge in [-0.05, 0) is 18.6 Å². The molecule has 4 nitrogen and oxygen atoms in total. The van der Waals surface area contributed by atoms with Crippen molar-refractivity contribution < 1.29 is 4.92 Å². The second-order valence-electron chi connectivity index (χ2n) is 3.52. The van der Waals surface area contributed by atoms with Crippen molar-refractivity contribution in [2.75, 3.05) is 0 Å². The van der Waals surface area contributed by atoms with E-state index in [1.165, 1.54) is 0 Å². The average molecular weight is 204 g/mol. The van der Waals surface area contributed by atoms with Crippen molar-refractivity contribution in [1.82, 2.24) is 4.57 Å². The first kappa shape index (κ1) is 9.71. The second-order valence-corrected chi connectivity index (χ2v) is 3.52. The Morgan fingerprint density at radius 3 is 2.80 bits per heavy atom. The zero-order valence-electron chi connectivity index (χ0n) is 8.73. The lowest BCUT2D eigenvalue weighted by Gasteiger charge is -1.99. The van der Waals surface area contributed by atoms with E-state index in [0.717, 1.165) is 23.0 Å². The van der Waals surface area contributed by atoms with Gasteiger partial charge in [-0.25, -0.2) is 0 Å². The van der Waals surface area contributed by atoms with Crippen LogP contribution in [0.3, 0.4) is 0 Å². The molecule has 0 amide bonds. The summed E-state index contributed by atoms with van der Waals surface area (Å²) in [6.45, 7) is 2.04. The van der Waals surface area contributed by atoms with E-state index in [1.54, 1.807) is 12.1 Å². The monoisotopic (exact) mass is 204 g/mol. The van der Waals surface area contributed by atoms with Crippen molar-refractivity contribution in [3.63, 3.8) is 0 Å². The fourth-order valence-corrected chi connectivity index (χ4v) is 1.90. The van der Waals surface area contributed by atoms with Gasteiger partial charge in [0, 0.05) is 18.8 Å². The van der Waals surface area contributed by atoms with Crippen molar-refractivity contribution in [3.05, 3.63) is 40.1 Å². The Kier molecular flexibility index (Phi) is 2.19. The Labute approximate surface area is 87.3 Å². The van der Waals surface area contributed by atoms with Crippen LogP contribution in [0.5, 0.6) is 0 Å². The van der Waals surface area contributed by atoms with Gasteiger partial charge in [-0.1, -0.05) is 13.0 Å². The number of hydrogen-bond donors (Lipinski definition) is 0. The highest BCUT2D eigenvalue weighted by Crippen LogP contribution is 2.27. The van der Waals surface area contributed by atoms with E-state index in [9.17, 15) is 10.1 Å². The predicted molar refractivity (Wildman–Crippen MR) is 59.0 cm³/mol. The van der Waals surface area contributed by atoms with Gasteiger partial charge in [-0.3, -0.25) is 10.1 Å². The van der Waals surface area contributed by atoms with Crippen molar-refractivity contribution in [1.29, 1.82) is 0 Å². The fourth-order valence-electron chi connectivity index (χ4n) is 1.90. The van der Waals surface area contributed by atoms with Gasteiger partial charge in [0.15, 0.2) is 0 Å². The first-order valence-corrected chi connectivity index (χ1v) is 4.87. The normalized spacial score (nSPS) is 10.8. The number of hydrogen-bond acceptors (Lipinski definition) is 2. The maximum absolute atomic E-state index is 10.8. The Hall–Kier alpha value is -1.84. The number of nitro groups is 1. The van der Waals surface area contributed by atoms with E-state index >= 15 is 0 Å². The predicted octanol–water partition coefficient (Wildman–Crippen LogP) is 2.65. The summed E-state index contributed by atoms with van der Waals surface area (Å²) in [4.78, 5) is 10.5. The molecule has 4 heteroatoms. The topological polar surface area (TPSA) is 48.1 Å². The van der Waals surface area contributed by atoms with Crippen LogP contribution in [0.15, 0.2) is 24.3 Å². The standard InChI is InChI=1S/C11H12N2O2/c1-3-8-7-9-10(12(8)2)5-4-6-11(9)13(14)15/h4-7H,3H2,1-2H3. The van der Waals surface area contributed by atoms with Crippen molar-refractivity contribution in [2.24, 2.45) is 7.05 Å². The summed E-state index contributed by atoms with van der Waals surface area (Å²) in [6, 6.07) is 7.07. The molecule has 0 aliphatic heterocycles. The second kappa shape index (κ2) is 3.38. The molecule has 1 aromatic heterocycles. The minimum atomic E-state index is -0.332. The van der Waals surface area contributed by atoms with Gasteiger partial charge in [-0.2, -0.15) is 0 Å². The molecule has 0 radical (unpaired) electrons. The van der Waals surface area contributed by atoms with Crippen LogP contribution in [0.1, 0.15) is 12.6 Å². The van der Waals surface area contributed by atoms with E-state index in [2.05, 4.69) is 0 Å². The Morgan fingerprint density at radius 1 is 1.47 bits per heavy atom. The number of aromatic nitrogens is 1. The van der Waals surface area contributed by atoms with Crippen LogP contribution >= 0.6 is 0 Å². The van der Waals surface area contributed by atoms with Crippen LogP contribution in [-0.2, 0) is 13.5 Å². The Morgan fingerprint density at radius 2 is 2.20 bits per heavy atom. The third-order valence-electron chi connectivity index (χ3n) is 2.72. The van der Waals surface area contributed by atoms with Gasteiger partial charge < -0.3 is 4.57 Å². The van der Waals surface area contributed by atoms with Gasteiger partial charge in [-0.15, -0.1) is 0 Å². The van der Waals surface area contributed by atoms with Crippen LogP contribution in [0.4, 0.5) is 5.69 Å². The zero-order valence-corrected chi connectivity index (χ0v) is 8.73. The largest absolute Gasteiger partial charge is 0.347 e. The molecule has 0 aliphatic carbocycles. The minimum absolute atomic E-state index is 0.183. The first-order chi connectivity index (χ1) is 7.15. The van der Waals surface area contributed by atoms with E-state index in [-0.39, 0.29) is 10.6 Å². The number of aryl methyl sites for hydroxylation is 2. The lowest BCUT2D eigenvalue weighted by atomic mass is 10.2. The molecule has 78 valence electrons. The summed E-state index contributed by atoms with van der Waals surface area (Å²) in [5.41, 5.74) is 2.21. The molecule has 2 aromatic rings. The molecule has 0 unspecified atom stereocenters. The number of benzene rings is 1. The molecule has 0 N–H and O–H groups in total. The van der Waals surface area contributed by atoms with Gasteiger partial charge in [0.2, 0.25) is 0 Å². The molecule has 0 fully saturated rings. The summed E-state index contributed by atoms with van der Waals surface area (Å²) in [6.07, 6.45) is 0.877. The highest BCUT2D eigenvalue weighted by atomic mass is 16.6. The Bertz CT molecular complexity index is 529. The minimum Gasteiger partial charge on any atom is -0.347 e. The molecule has 15 heavy (non-hydrogen) atoms. The molecule has 0 spiro atoms. The van der Waals surface area contributed by atoms with E-state index in [0.29, 0.717) is 0 Å². The molecular weight excluding hydrogens is 192 g/mol. The van der Waals surface area contributed by atoms with Gasteiger partial charge in [0.25, 0.3) is 5.69 Å². The van der Waals surface area contributed by atoms with Gasteiger partial charge in [0.05, 0.1) is 15.8 Å². The van der Waals surface area contributed by atoms with Crippen LogP contribution < -0.4 is 0 Å². The molecule has 0 atom stereocenters. The molecule has 1 aromatic carbocycles. The van der Waals surface area contributed by atoms with E-state index in [4.69, 9.17) is 0 Å². The van der Waals surface area contributed by atoms with Crippen LogP contribution in [0.2, 0.25) is 0 Å². The molecule has 0 bridgehead atoms. The highest BCUT2D eigenvalue weighted by molar-refractivity contribution is 5.89. The zero-order chi connectivity index (χ0) is 11.0. The summed E-state index contributed by atoms with van der Waals surface area (Å²) >= 11 is 0.